The van der Waals surface area contributed by atoms with Gasteiger partial charge in [-0.25, -0.2) is 0 Å². The normalized spacial score (nSPS) is 18.2. The summed E-state index contributed by atoms with van der Waals surface area (Å²) in [5.74, 6) is 0. The molecule has 0 unspecified atom stereocenters. The van der Waals surface area contributed by atoms with Crippen LogP contribution in [0.4, 0.5) is 0 Å². The molecule has 1 aliphatic rings. The lowest BCUT2D eigenvalue weighted by Gasteiger charge is -2.25. The Hall–Kier alpha value is -0.570. The van der Waals surface area contributed by atoms with Crippen molar-refractivity contribution < 1.29 is 10.2 Å². The third-order valence-corrected chi connectivity index (χ3v) is 3.36. The maximum atomic E-state index is 9.35. The molecule has 2 N–H and O–H groups in total. The van der Waals surface area contributed by atoms with Gasteiger partial charge in [0.2, 0.25) is 0 Å². The van der Waals surface area contributed by atoms with Gasteiger partial charge in [-0.15, -0.1) is 0 Å². The van der Waals surface area contributed by atoms with Crippen LogP contribution in [0.25, 0.3) is 0 Å². The average Bonchev–Trinajstić information content (AvgIpc) is 2.57. The number of fused-ring (bicyclic) bond motifs is 1. The molecule has 0 aliphatic heterocycles. The quantitative estimate of drug-likeness (QED) is 0.780. The van der Waals surface area contributed by atoms with Gasteiger partial charge in [-0.05, 0) is 36.1 Å². The van der Waals surface area contributed by atoms with Gasteiger partial charge in [0.05, 0.1) is 13.2 Å². The molecule has 14 heavy (non-hydrogen) atoms. The summed E-state index contributed by atoms with van der Waals surface area (Å²) in [5, 5.41) is 19.4. The summed E-state index contributed by atoms with van der Waals surface area (Å²) in [5.41, 5.74) is 1.73. The van der Waals surface area contributed by atoms with Crippen molar-refractivity contribution in [3.8, 4) is 0 Å². The minimum Gasteiger partial charge on any atom is -0.395 e. The molecule has 0 aromatic heterocycles. The minimum atomic E-state index is -0.472. The van der Waals surface area contributed by atoms with Gasteiger partial charge < -0.3 is 10.2 Å². The van der Waals surface area contributed by atoms with E-state index >= 15 is 0 Å². The molecule has 3 heteroatoms. The van der Waals surface area contributed by atoms with Gasteiger partial charge >= 0.3 is 0 Å². The van der Waals surface area contributed by atoms with E-state index in [4.69, 9.17) is 11.6 Å². The van der Waals surface area contributed by atoms with E-state index in [9.17, 15) is 10.2 Å². The van der Waals surface area contributed by atoms with Gasteiger partial charge in [0.15, 0.2) is 0 Å². The van der Waals surface area contributed by atoms with Crippen LogP contribution in [0.1, 0.15) is 17.5 Å². The van der Waals surface area contributed by atoms with Crippen LogP contribution in [0, 0.1) is 0 Å². The molecule has 1 aromatic rings. The molecule has 0 atom stereocenters. The third kappa shape index (κ3) is 1.34. The number of hydrogen-bond donors (Lipinski definition) is 2. The molecule has 0 radical (unpaired) electrons. The predicted octanol–water partition coefficient (Wildman–Crippen LogP) is 1.51. The van der Waals surface area contributed by atoms with Crippen molar-refractivity contribution in [1.82, 2.24) is 0 Å². The van der Waals surface area contributed by atoms with Gasteiger partial charge in [-0.1, -0.05) is 17.7 Å². The predicted molar refractivity (Wildman–Crippen MR) is 55.6 cm³/mol. The number of halogens is 1. The van der Waals surface area contributed by atoms with Crippen molar-refractivity contribution in [2.45, 2.75) is 18.3 Å². The van der Waals surface area contributed by atoms with E-state index in [0.717, 1.165) is 18.4 Å². The first kappa shape index (κ1) is 9.97. The Morgan fingerprint density at radius 2 is 2.00 bits per heavy atom. The first-order valence-electron chi connectivity index (χ1n) is 4.72. The summed E-state index contributed by atoms with van der Waals surface area (Å²) in [6.07, 6.45) is 1.71. The second-order valence-electron chi connectivity index (χ2n) is 3.90. The SMILES string of the molecule is OCC1(CO)CCc2ccc(Cl)cc21. The smallest absolute Gasteiger partial charge is 0.0550 e. The highest BCUT2D eigenvalue weighted by Crippen LogP contribution is 2.39. The Bertz CT molecular complexity index is 345. The average molecular weight is 213 g/mol. The molecule has 2 rings (SSSR count). The maximum Gasteiger partial charge on any atom is 0.0550 e. The summed E-state index contributed by atoms with van der Waals surface area (Å²) in [4.78, 5) is 0. The molecular formula is C11H13ClO2. The van der Waals surface area contributed by atoms with E-state index in [-0.39, 0.29) is 13.2 Å². The standard InChI is InChI=1S/C11H13ClO2/c12-9-2-1-8-3-4-11(6-13,7-14)10(8)5-9/h1-2,5,13-14H,3-4,6-7H2. The second-order valence-corrected chi connectivity index (χ2v) is 4.33. The van der Waals surface area contributed by atoms with Crippen LogP contribution < -0.4 is 0 Å². The van der Waals surface area contributed by atoms with Crippen LogP contribution in [0.3, 0.4) is 0 Å². The van der Waals surface area contributed by atoms with E-state index in [1.165, 1.54) is 5.56 Å². The third-order valence-electron chi connectivity index (χ3n) is 3.12. The zero-order chi connectivity index (χ0) is 10.2. The fraction of sp³-hybridized carbons (Fsp3) is 0.455. The lowest BCUT2D eigenvalue weighted by Crippen LogP contribution is -2.32. The summed E-state index contributed by atoms with van der Waals surface area (Å²) < 4.78 is 0. The van der Waals surface area contributed by atoms with E-state index in [2.05, 4.69) is 0 Å². The van der Waals surface area contributed by atoms with Crippen molar-refractivity contribution in [3.63, 3.8) is 0 Å². The van der Waals surface area contributed by atoms with E-state index < -0.39 is 5.41 Å². The van der Waals surface area contributed by atoms with Crippen molar-refractivity contribution in [3.05, 3.63) is 34.3 Å². The lowest BCUT2D eigenvalue weighted by atomic mass is 9.84. The summed E-state index contributed by atoms with van der Waals surface area (Å²) >= 11 is 5.90. The Labute approximate surface area is 88.1 Å². The Balaban J connectivity index is 2.51. The highest BCUT2D eigenvalue weighted by molar-refractivity contribution is 6.30. The van der Waals surface area contributed by atoms with Crippen LogP contribution >= 0.6 is 11.6 Å². The highest BCUT2D eigenvalue weighted by atomic mass is 35.5. The zero-order valence-corrected chi connectivity index (χ0v) is 8.59. The Morgan fingerprint density at radius 3 is 2.64 bits per heavy atom. The maximum absolute atomic E-state index is 9.35. The highest BCUT2D eigenvalue weighted by Gasteiger charge is 2.37. The summed E-state index contributed by atoms with van der Waals surface area (Å²) in [6.45, 7) is -0.0340. The van der Waals surface area contributed by atoms with Gasteiger partial charge in [-0.3, -0.25) is 0 Å². The van der Waals surface area contributed by atoms with Crippen molar-refractivity contribution in [2.75, 3.05) is 13.2 Å². The Kier molecular flexibility index (Phi) is 2.52. The van der Waals surface area contributed by atoms with E-state index in [0.29, 0.717) is 5.02 Å². The van der Waals surface area contributed by atoms with Gasteiger partial charge in [0, 0.05) is 10.4 Å². The topological polar surface area (TPSA) is 40.5 Å². The van der Waals surface area contributed by atoms with Crippen LogP contribution in [0.2, 0.25) is 5.02 Å². The molecule has 76 valence electrons. The molecule has 0 heterocycles. The van der Waals surface area contributed by atoms with Gasteiger partial charge in [0.1, 0.15) is 0 Å². The molecule has 1 aromatic carbocycles. The molecular weight excluding hydrogens is 200 g/mol. The molecule has 0 spiro atoms. The van der Waals surface area contributed by atoms with Crippen molar-refractivity contribution >= 4 is 11.6 Å². The zero-order valence-electron chi connectivity index (χ0n) is 7.83. The lowest BCUT2D eigenvalue weighted by molar-refractivity contribution is 0.117. The summed E-state index contributed by atoms with van der Waals surface area (Å²) in [6, 6.07) is 5.69. The second kappa shape index (κ2) is 3.54. The first-order chi connectivity index (χ1) is 6.72. The number of aliphatic hydroxyl groups excluding tert-OH is 2. The molecule has 0 bridgehead atoms. The molecule has 0 amide bonds. The van der Waals surface area contributed by atoms with E-state index in [1.807, 2.05) is 18.2 Å². The fourth-order valence-corrected chi connectivity index (χ4v) is 2.32. The molecule has 1 aliphatic carbocycles. The first-order valence-corrected chi connectivity index (χ1v) is 5.10. The Morgan fingerprint density at radius 1 is 1.29 bits per heavy atom. The van der Waals surface area contributed by atoms with Crippen molar-refractivity contribution in [2.24, 2.45) is 0 Å². The van der Waals surface area contributed by atoms with Crippen LogP contribution in [0.5, 0.6) is 0 Å². The number of hydrogen-bond acceptors (Lipinski definition) is 2. The molecule has 0 saturated heterocycles. The van der Waals surface area contributed by atoms with Crippen LogP contribution in [-0.2, 0) is 11.8 Å². The number of aliphatic hydroxyl groups is 2. The van der Waals surface area contributed by atoms with E-state index in [1.54, 1.807) is 0 Å². The minimum absolute atomic E-state index is 0.0170. The molecule has 0 saturated carbocycles. The molecule has 0 fully saturated rings. The van der Waals surface area contributed by atoms with Gasteiger partial charge in [0.25, 0.3) is 0 Å². The van der Waals surface area contributed by atoms with Crippen molar-refractivity contribution in [1.29, 1.82) is 0 Å². The number of rotatable bonds is 2. The number of aryl methyl sites for hydroxylation is 1. The van der Waals surface area contributed by atoms with Gasteiger partial charge in [-0.2, -0.15) is 0 Å². The van der Waals surface area contributed by atoms with Crippen LogP contribution in [0.15, 0.2) is 18.2 Å². The monoisotopic (exact) mass is 212 g/mol. The molecule has 2 nitrogen and oxygen atoms in total. The van der Waals surface area contributed by atoms with Crippen LogP contribution in [-0.4, -0.2) is 23.4 Å². The largest absolute Gasteiger partial charge is 0.395 e. The number of benzene rings is 1. The summed E-state index contributed by atoms with van der Waals surface area (Å²) in [7, 11) is 0. The fourth-order valence-electron chi connectivity index (χ4n) is 2.15.